The molecule has 50 valence electrons. The van der Waals surface area contributed by atoms with Crippen molar-refractivity contribution >= 4 is 5.97 Å². The Morgan fingerprint density at radius 3 is 2.78 bits per heavy atom. The molecule has 0 aromatic carbocycles. The van der Waals surface area contributed by atoms with Gasteiger partial charge < -0.3 is 9.84 Å². The van der Waals surface area contributed by atoms with Gasteiger partial charge in [-0.2, -0.15) is 0 Å². The number of hydrogen-bond acceptors (Lipinski definition) is 3. The van der Waals surface area contributed by atoms with Crippen molar-refractivity contribution in [1.82, 2.24) is 0 Å². The number of ether oxygens (including phenoxy) is 1. The van der Waals surface area contributed by atoms with Crippen molar-refractivity contribution in [3.63, 3.8) is 0 Å². The van der Waals surface area contributed by atoms with Crippen LogP contribution in [0, 0.1) is 5.92 Å². The Bertz CT molecular complexity index is 154. The van der Waals surface area contributed by atoms with Crippen LogP contribution in [0.4, 0.5) is 0 Å². The van der Waals surface area contributed by atoms with Crippen LogP contribution in [0.15, 0.2) is 0 Å². The average molecular weight is 128 g/mol. The fourth-order valence-corrected chi connectivity index (χ4v) is 1.52. The van der Waals surface area contributed by atoms with Crippen molar-refractivity contribution in [2.45, 2.75) is 25.0 Å². The van der Waals surface area contributed by atoms with E-state index in [1.54, 1.807) is 0 Å². The minimum Gasteiger partial charge on any atom is -0.461 e. The average Bonchev–Trinajstić information content (AvgIpc) is 2.08. The molecule has 1 saturated heterocycles. The third kappa shape index (κ3) is 0.580. The van der Waals surface area contributed by atoms with Crippen molar-refractivity contribution in [2.24, 2.45) is 5.92 Å². The maximum atomic E-state index is 10.5. The summed E-state index contributed by atoms with van der Waals surface area (Å²) >= 11 is 0. The van der Waals surface area contributed by atoms with Gasteiger partial charge in [0.05, 0.1) is 12.0 Å². The molecule has 2 fully saturated rings. The lowest BCUT2D eigenvalue weighted by atomic mass is 10.0. The molecule has 0 spiro atoms. The highest BCUT2D eigenvalue weighted by Crippen LogP contribution is 2.37. The fourth-order valence-electron chi connectivity index (χ4n) is 1.52. The normalized spacial score (nSPS) is 47.7. The van der Waals surface area contributed by atoms with Crippen LogP contribution >= 0.6 is 0 Å². The fraction of sp³-hybridized carbons (Fsp3) is 0.833. The van der Waals surface area contributed by atoms with Gasteiger partial charge >= 0.3 is 5.97 Å². The van der Waals surface area contributed by atoms with Gasteiger partial charge in [0, 0.05) is 6.42 Å². The van der Waals surface area contributed by atoms with Crippen LogP contribution in [0.3, 0.4) is 0 Å². The third-order valence-corrected chi connectivity index (χ3v) is 2.05. The summed E-state index contributed by atoms with van der Waals surface area (Å²) in [6.07, 6.45) is 1.01. The molecule has 0 unspecified atom stereocenters. The number of fused-ring (bicyclic) bond motifs is 1. The molecule has 9 heavy (non-hydrogen) atoms. The van der Waals surface area contributed by atoms with Gasteiger partial charge in [0.15, 0.2) is 0 Å². The summed E-state index contributed by atoms with van der Waals surface area (Å²) in [4.78, 5) is 10.5. The van der Waals surface area contributed by atoms with E-state index in [4.69, 9.17) is 9.84 Å². The largest absolute Gasteiger partial charge is 0.461 e. The Morgan fingerprint density at radius 2 is 2.33 bits per heavy atom. The van der Waals surface area contributed by atoms with Gasteiger partial charge in [-0.15, -0.1) is 0 Å². The van der Waals surface area contributed by atoms with E-state index in [9.17, 15) is 4.79 Å². The standard InChI is InChI=1S/C6H8O3/c7-3-1-4-5(2-3)9-6(4)8/h3-5,7H,1-2H2/t3-,4-,5-/m0/s1. The molecule has 1 saturated carbocycles. The van der Waals surface area contributed by atoms with Gasteiger partial charge in [0.25, 0.3) is 0 Å². The summed E-state index contributed by atoms with van der Waals surface area (Å²) in [5.41, 5.74) is 0. The van der Waals surface area contributed by atoms with Crippen molar-refractivity contribution in [1.29, 1.82) is 0 Å². The first-order chi connectivity index (χ1) is 4.27. The molecule has 2 rings (SSSR count). The van der Waals surface area contributed by atoms with E-state index in [0.717, 1.165) is 0 Å². The van der Waals surface area contributed by atoms with Crippen LogP contribution in [0.2, 0.25) is 0 Å². The minimum absolute atomic E-state index is 0.0278. The zero-order valence-electron chi connectivity index (χ0n) is 4.91. The number of esters is 1. The van der Waals surface area contributed by atoms with Crippen molar-refractivity contribution in [2.75, 3.05) is 0 Å². The van der Waals surface area contributed by atoms with Gasteiger partial charge in [-0.3, -0.25) is 4.79 Å². The lowest BCUT2D eigenvalue weighted by Crippen LogP contribution is -2.40. The molecule has 0 bridgehead atoms. The maximum absolute atomic E-state index is 10.5. The summed E-state index contributed by atoms with van der Waals surface area (Å²) in [7, 11) is 0. The van der Waals surface area contributed by atoms with E-state index >= 15 is 0 Å². The zero-order valence-corrected chi connectivity index (χ0v) is 4.91. The Balaban J connectivity index is 2.08. The van der Waals surface area contributed by atoms with E-state index in [1.807, 2.05) is 0 Å². The topological polar surface area (TPSA) is 46.5 Å². The third-order valence-electron chi connectivity index (χ3n) is 2.05. The highest BCUT2D eigenvalue weighted by Gasteiger charge is 2.49. The molecular weight excluding hydrogens is 120 g/mol. The quantitative estimate of drug-likeness (QED) is 0.455. The number of hydrogen-bond donors (Lipinski definition) is 1. The lowest BCUT2D eigenvalue weighted by molar-refractivity contribution is -0.179. The molecule has 2 aliphatic rings. The van der Waals surface area contributed by atoms with E-state index in [-0.39, 0.29) is 24.1 Å². The number of aliphatic hydroxyl groups excluding tert-OH is 1. The molecule has 1 aliphatic heterocycles. The summed E-state index contributed by atoms with van der Waals surface area (Å²) < 4.78 is 4.73. The van der Waals surface area contributed by atoms with Gasteiger partial charge in [0.1, 0.15) is 6.10 Å². The van der Waals surface area contributed by atoms with Gasteiger partial charge in [0.2, 0.25) is 0 Å². The lowest BCUT2D eigenvalue weighted by Gasteiger charge is -2.28. The molecule has 3 nitrogen and oxygen atoms in total. The van der Waals surface area contributed by atoms with Crippen molar-refractivity contribution in [3.05, 3.63) is 0 Å². The van der Waals surface area contributed by atoms with Crippen LogP contribution in [-0.2, 0) is 9.53 Å². The van der Waals surface area contributed by atoms with Crippen LogP contribution in [0.25, 0.3) is 0 Å². The Labute approximate surface area is 52.6 Å². The first kappa shape index (κ1) is 5.23. The molecule has 1 heterocycles. The molecule has 1 aliphatic carbocycles. The van der Waals surface area contributed by atoms with Crippen LogP contribution < -0.4 is 0 Å². The van der Waals surface area contributed by atoms with E-state index in [1.165, 1.54) is 0 Å². The highest BCUT2D eigenvalue weighted by atomic mass is 16.6. The number of carbonyl (C=O) groups excluding carboxylic acids is 1. The Kier molecular flexibility index (Phi) is 0.858. The van der Waals surface area contributed by atoms with E-state index < -0.39 is 0 Å². The highest BCUT2D eigenvalue weighted by molar-refractivity contribution is 5.79. The Morgan fingerprint density at radius 1 is 1.56 bits per heavy atom. The molecule has 1 N–H and O–H groups in total. The smallest absolute Gasteiger partial charge is 0.313 e. The van der Waals surface area contributed by atoms with Gasteiger partial charge in [-0.1, -0.05) is 0 Å². The second kappa shape index (κ2) is 1.48. The van der Waals surface area contributed by atoms with Crippen molar-refractivity contribution < 1.29 is 14.6 Å². The van der Waals surface area contributed by atoms with Crippen LogP contribution in [0.1, 0.15) is 12.8 Å². The number of rotatable bonds is 0. The predicted octanol–water partition coefficient (Wildman–Crippen LogP) is -0.317. The summed E-state index contributed by atoms with van der Waals surface area (Å²) in [5.74, 6) is -0.100. The minimum atomic E-state index is -0.300. The molecule has 0 amide bonds. The molecule has 0 radical (unpaired) electrons. The molecule has 3 atom stereocenters. The van der Waals surface area contributed by atoms with Crippen LogP contribution in [-0.4, -0.2) is 23.3 Å². The molecule has 3 heteroatoms. The first-order valence-corrected chi connectivity index (χ1v) is 3.16. The maximum Gasteiger partial charge on any atom is 0.313 e. The molecular formula is C6H8O3. The van der Waals surface area contributed by atoms with Crippen molar-refractivity contribution in [3.8, 4) is 0 Å². The van der Waals surface area contributed by atoms with Gasteiger partial charge in [-0.05, 0) is 6.42 Å². The van der Waals surface area contributed by atoms with Crippen LogP contribution in [0.5, 0.6) is 0 Å². The van der Waals surface area contributed by atoms with E-state index in [2.05, 4.69) is 0 Å². The number of aliphatic hydroxyl groups is 1. The second-order valence-corrected chi connectivity index (χ2v) is 2.71. The van der Waals surface area contributed by atoms with E-state index in [0.29, 0.717) is 12.8 Å². The monoisotopic (exact) mass is 128 g/mol. The summed E-state index contributed by atoms with van der Waals surface area (Å²) in [6, 6.07) is 0. The molecule has 0 aromatic heterocycles. The summed E-state index contributed by atoms with van der Waals surface area (Å²) in [6.45, 7) is 0. The SMILES string of the molecule is O=C1O[C@H]2C[C@@H](O)C[C@H]12. The number of carbonyl (C=O) groups is 1. The summed E-state index contributed by atoms with van der Waals surface area (Å²) in [5, 5.41) is 9.00. The predicted molar refractivity (Wildman–Crippen MR) is 28.6 cm³/mol. The molecule has 0 aromatic rings. The zero-order chi connectivity index (χ0) is 6.43. The second-order valence-electron chi connectivity index (χ2n) is 2.71. The Hall–Kier alpha value is -0.570. The van der Waals surface area contributed by atoms with Gasteiger partial charge in [-0.25, -0.2) is 0 Å². The first-order valence-electron chi connectivity index (χ1n) is 3.16.